The lowest BCUT2D eigenvalue weighted by molar-refractivity contribution is 0.344. The van der Waals surface area contributed by atoms with E-state index in [9.17, 15) is 0 Å². The van der Waals surface area contributed by atoms with E-state index in [1.807, 2.05) is 31.2 Å². The van der Waals surface area contributed by atoms with Gasteiger partial charge in [0.15, 0.2) is 6.26 Å². The largest absolute Gasteiger partial charge is 0.426 e. The van der Waals surface area contributed by atoms with Gasteiger partial charge in [-0.2, -0.15) is 0 Å². The van der Waals surface area contributed by atoms with Gasteiger partial charge in [-0.3, -0.25) is 0 Å². The molecule has 2 nitrogen and oxygen atoms in total. The first-order chi connectivity index (χ1) is 6.34. The van der Waals surface area contributed by atoms with E-state index in [0.717, 1.165) is 5.75 Å². The first kappa shape index (κ1) is 7.92. The summed E-state index contributed by atoms with van der Waals surface area (Å²) in [5.74, 6) is 1.23. The molecule has 0 aliphatic rings. The highest BCUT2D eigenvalue weighted by molar-refractivity contribution is 5.28. The first-order valence-corrected chi connectivity index (χ1v) is 4.05. The first-order valence-electron chi connectivity index (χ1n) is 4.05. The van der Waals surface area contributed by atoms with E-state index in [0.29, 0.717) is 5.95 Å². The molecule has 0 unspecified atom stereocenters. The zero-order valence-corrected chi connectivity index (χ0v) is 7.28. The van der Waals surface area contributed by atoms with Crippen LogP contribution in [-0.2, 0) is 0 Å². The number of hydrogen-bond acceptors (Lipinski definition) is 2. The topological polar surface area (TPSA) is 22.4 Å². The lowest BCUT2D eigenvalue weighted by atomic mass is 10.2. The summed E-state index contributed by atoms with van der Waals surface area (Å²) in [6.45, 7) is 2.03. The lowest BCUT2D eigenvalue weighted by Crippen LogP contribution is -1.80. The molecule has 0 amide bonds. The summed E-state index contributed by atoms with van der Waals surface area (Å²) in [5, 5.41) is 0. The summed E-state index contributed by atoms with van der Waals surface area (Å²) in [6, 6.07) is 11.2. The van der Waals surface area contributed by atoms with E-state index in [4.69, 9.17) is 9.15 Å². The summed E-state index contributed by atoms with van der Waals surface area (Å²) in [7, 11) is 0. The van der Waals surface area contributed by atoms with Crippen LogP contribution >= 0.6 is 0 Å². The highest BCUT2D eigenvalue weighted by Gasteiger charge is 1.97. The molecule has 0 bridgehead atoms. The van der Waals surface area contributed by atoms with Crippen LogP contribution in [0.1, 0.15) is 5.56 Å². The molecule has 0 aliphatic heterocycles. The maximum atomic E-state index is 5.38. The number of benzene rings is 1. The van der Waals surface area contributed by atoms with Gasteiger partial charge in [-0.1, -0.05) is 17.7 Å². The smallest absolute Gasteiger partial charge is 0.290 e. The summed E-state index contributed by atoms with van der Waals surface area (Å²) >= 11 is 0. The van der Waals surface area contributed by atoms with Gasteiger partial charge in [0.25, 0.3) is 5.95 Å². The Morgan fingerprint density at radius 1 is 1.15 bits per heavy atom. The van der Waals surface area contributed by atoms with Gasteiger partial charge in [0, 0.05) is 6.07 Å². The third-order valence-corrected chi connectivity index (χ3v) is 1.69. The highest BCUT2D eigenvalue weighted by atomic mass is 16.6. The molecule has 1 radical (unpaired) electrons. The number of ether oxygens (including phenoxy) is 1. The molecule has 2 aromatic rings. The van der Waals surface area contributed by atoms with Gasteiger partial charge in [0.2, 0.25) is 0 Å². The number of aryl methyl sites for hydroxylation is 1. The fourth-order valence-electron chi connectivity index (χ4n) is 1.01. The van der Waals surface area contributed by atoms with Gasteiger partial charge < -0.3 is 9.15 Å². The van der Waals surface area contributed by atoms with Crippen molar-refractivity contribution in [2.45, 2.75) is 6.92 Å². The lowest BCUT2D eigenvalue weighted by Gasteiger charge is -2.00. The van der Waals surface area contributed by atoms with E-state index in [-0.39, 0.29) is 0 Å². The van der Waals surface area contributed by atoms with Crippen LogP contribution in [0.25, 0.3) is 0 Å². The second-order valence-electron chi connectivity index (χ2n) is 2.79. The monoisotopic (exact) mass is 173 g/mol. The van der Waals surface area contributed by atoms with Gasteiger partial charge in [-0.05, 0) is 25.1 Å². The van der Waals surface area contributed by atoms with Gasteiger partial charge >= 0.3 is 0 Å². The number of furan rings is 1. The molecular formula is C11H9O2. The second-order valence-corrected chi connectivity index (χ2v) is 2.79. The molecule has 0 saturated heterocycles. The summed E-state index contributed by atoms with van der Waals surface area (Å²) < 4.78 is 10.3. The minimum Gasteiger partial charge on any atom is -0.426 e. The standard InChI is InChI=1S/C11H9O2/c1-9-4-6-10(7-5-9)13-11-3-2-8-12-11/h2-7H,1H3. The molecule has 1 heterocycles. The van der Waals surface area contributed by atoms with Crippen molar-refractivity contribution in [3.8, 4) is 11.7 Å². The normalized spacial score (nSPS) is 9.92. The van der Waals surface area contributed by atoms with Crippen LogP contribution in [0, 0.1) is 13.2 Å². The molecule has 2 heteroatoms. The van der Waals surface area contributed by atoms with Crippen molar-refractivity contribution in [3.05, 3.63) is 48.2 Å². The van der Waals surface area contributed by atoms with Crippen LogP contribution in [0.2, 0.25) is 0 Å². The Labute approximate surface area is 76.8 Å². The quantitative estimate of drug-likeness (QED) is 0.695. The molecule has 0 saturated carbocycles. The SMILES string of the molecule is Cc1ccc(Oc2cc[c]o2)cc1. The third kappa shape index (κ3) is 1.90. The van der Waals surface area contributed by atoms with Gasteiger partial charge in [0.05, 0.1) is 0 Å². The molecule has 65 valence electrons. The number of hydrogen-bond donors (Lipinski definition) is 0. The highest BCUT2D eigenvalue weighted by Crippen LogP contribution is 2.21. The molecule has 0 aliphatic carbocycles. The molecule has 1 aromatic carbocycles. The zero-order valence-electron chi connectivity index (χ0n) is 7.28. The molecule has 0 fully saturated rings. The van der Waals surface area contributed by atoms with Crippen LogP contribution in [0.5, 0.6) is 11.7 Å². The number of rotatable bonds is 2. The third-order valence-electron chi connectivity index (χ3n) is 1.69. The second kappa shape index (κ2) is 3.35. The van der Waals surface area contributed by atoms with Crippen LogP contribution in [0.15, 0.2) is 40.8 Å². The molecular weight excluding hydrogens is 164 g/mol. The Morgan fingerprint density at radius 2 is 1.92 bits per heavy atom. The Kier molecular flexibility index (Phi) is 2.04. The Bertz CT molecular complexity index is 359. The average Bonchev–Trinajstić information content (AvgIpc) is 2.62. The predicted molar refractivity (Wildman–Crippen MR) is 48.8 cm³/mol. The van der Waals surface area contributed by atoms with Crippen molar-refractivity contribution in [1.29, 1.82) is 0 Å². The van der Waals surface area contributed by atoms with Gasteiger partial charge in [0.1, 0.15) is 5.75 Å². The predicted octanol–water partition coefficient (Wildman–Crippen LogP) is 3.18. The van der Waals surface area contributed by atoms with E-state index in [2.05, 4.69) is 6.26 Å². The fraction of sp³-hybridized carbons (Fsp3) is 0.0909. The Morgan fingerprint density at radius 3 is 2.54 bits per heavy atom. The van der Waals surface area contributed by atoms with Crippen LogP contribution in [0.3, 0.4) is 0 Å². The molecule has 0 N–H and O–H groups in total. The van der Waals surface area contributed by atoms with Crippen LogP contribution < -0.4 is 4.74 Å². The minimum absolute atomic E-state index is 0.462. The van der Waals surface area contributed by atoms with Gasteiger partial charge in [-0.25, -0.2) is 0 Å². The zero-order chi connectivity index (χ0) is 9.10. The summed E-state index contributed by atoms with van der Waals surface area (Å²) in [5.41, 5.74) is 1.21. The van der Waals surface area contributed by atoms with Crippen molar-refractivity contribution in [1.82, 2.24) is 0 Å². The Balaban J connectivity index is 2.15. The molecule has 2 rings (SSSR count). The van der Waals surface area contributed by atoms with Crippen molar-refractivity contribution >= 4 is 0 Å². The molecule has 0 atom stereocenters. The van der Waals surface area contributed by atoms with Crippen molar-refractivity contribution in [3.63, 3.8) is 0 Å². The summed E-state index contributed by atoms with van der Waals surface area (Å²) in [4.78, 5) is 0. The van der Waals surface area contributed by atoms with Crippen molar-refractivity contribution < 1.29 is 9.15 Å². The average molecular weight is 173 g/mol. The van der Waals surface area contributed by atoms with E-state index in [1.54, 1.807) is 12.1 Å². The van der Waals surface area contributed by atoms with E-state index in [1.165, 1.54) is 5.56 Å². The van der Waals surface area contributed by atoms with Crippen LogP contribution in [0.4, 0.5) is 0 Å². The maximum absolute atomic E-state index is 5.38. The molecule has 0 spiro atoms. The van der Waals surface area contributed by atoms with Gasteiger partial charge in [-0.15, -0.1) is 0 Å². The van der Waals surface area contributed by atoms with Crippen molar-refractivity contribution in [2.24, 2.45) is 0 Å². The van der Waals surface area contributed by atoms with Crippen molar-refractivity contribution in [2.75, 3.05) is 0 Å². The molecule has 1 aromatic heterocycles. The minimum atomic E-state index is 0.462. The van der Waals surface area contributed by atoms with E-state index >= 15 is 0 Å². The molecule has 13 heavy (non-hydrogen) atoms. The van der Waals surface area contributed by atoms with E-state index < -0.39 is 0 Å². The Hall–Kier alpha value is -1.70. The maximum Gasteiger partial charge on any atom is 0.290 e. The fourth-order valence-corrected chi connectivity index (χ4v) is 1.01. The summed E-state index contributed by atoms with van der Waals surface area (Å²) in [6.07, 6.45) is 2.56. The van der Waals surface area contributed by atoms with Crippen LogP contribution in [-0.4, -0.2) is 0 Å².